The van der Waals surface area contributed by atoms with Crippen molar-refractivity contribution in [3.8, 4) is 0 Å². The van der Waals surface area contributed by atoms with Gasteiger partial charge in [-0.3, -0.25) is 4.79 Å². The lowest BCUT2D eigenvalue weighted by molar-refractivity contribution is -0.119. The fourth-order valence-electron chi connectivity index (χ4n) is 1.78. The molecule has 1 unspecified atom stereocenters. The van der Waals surface area contributed by atoms with Gasteiger partial charge in [-0.15, -0.1) is 0 Å². The molecular formula is C13H21N3O2. The topological polar surface area (TPSA) is 65.5 Å². The van der Waals surface area contributed by atoms with Gasteiger partial charge in [-0.2, -0.15) is 0 Å². The third-order valence-corrected chi connectivity index (χ3v) is 2.67. The number of nitrogens with one attached hydrogen (secondary N) is 1. The molecule has 0 aliphatic heterocycles. The van der Waals surface area contributed by atoms with Gasteiger partial charge in [-0.25, -0.2) is 4.98 Å². The first-order chi connectivity index (χ1) is 8.60. The average molecular weight is 251 g/mol. The van der Waals surface area contributed by atoms with E-state index in [0.717, 1.165) is 18.5 Å². The molecular weight excluding hydrogens is 230 g/mol. The molecule has 100 valence electrons. The van der Waals surface area contributed by atoms with Crippen LogP contribution in [0.25, 0.3) is 0 Å². The summed E-state index contributed by atoms with van der Waals surface area (Å²) in [6.45, 7) is 4.72. The molecule has 0 radical (unpaired) electrons. The van der Waals surface area contributed by atoms with Crippen LogP contribution >= 0.6 is 0 Å². The molecule has 0 fully saturated rings. The van der Waals surface area contributed by atoms with Crippen molar-refractivity contribution >= 4 is 11.7 Å². The second-order valence-corrected chi connectivity index (χ2v) is 4.19. The van der Waals surface area contributed by atoms with Gasteiger partial charge in [0.2, 0.25) is 5.91 Å². The summed E-state index contributed by atoms with van der Waals surface area (Å²) in [6, 6.07) is 3.62. The third kappa shape index (κ3) is 3.70. The van der Waals surface area contributed by atoms with E-state index in [9.17, 15) is 9.90 Å². The summed E-state index contributed by atoms with van der Waals surface area (Å²) in [5, 5.41) is 12.3. The van der Waals surface area contributed by atoms with Crippen LogP contribution in [0.1, 0.15) is 31.9 Å². The molecule has 1 heterocycles. The maximum absolute atomic E-state index is 11.5. The normalized spacial score (nSPS) is 12.0. The van der Waals surface area contributed by atoms with Crippen LogP contribution in [-0.4, -0.2) is 36.1 Å². The Balaban J connectivity index is 3.01. The van der Waals surface area contributed by atoms with Gasteiger partial charge in [-0.1, -0.05) is 13.0 Å². The predicted molar refractivity (Wildman–Crippen MR) is 71.4 cm³/mol. The van der Waals surface area contributed by atoms with E-state index in [2.05, 4.69) is 10.3 Å². The number of nitrogens with zero attached hydrogens (tertiary/aromatic N) is 2. The van der Waals surface area contributed by atoms with Crippen molar-refractivity contribution in [1.29, 1.82) is 0 Å². The minimum atomic E-state index is -0.599. The highest BCUT2D eigenvalue weighted by molar-refractivity contribution is 5.81. The number of hydrogen-bond acceptors (Lipinski definition) is 4. The number of anilines is 1. The fourth-order valence-corrected chi connectivity index (χ4v) is 1.78. The Morgan fingerprint density at radius 3 is 2.89 bits per heavy atom. The SMILES string of the molecule is CCCN(CC(=O)NC)c1ncccc1C(C)O. The quantitative estimate of drug-likeness (QED) is 0.794. The number of hydrogen-bond donors (Lipinski definition) is 2. The molecule has 1 atom stereocenters. The van der Waals surface area contributed by atoms with E-state index in [1.807, 2.05) is 17.9 Å². The lowest BCUT2D eigenvalue weighted by atomic mass is 10.1. The molecule has 5 nitrogen and oxygen atoms in total. The van der Waals surface area contributed by atoms with Crippen LogP contribution in [0.5, 0.6) is 0 Å². The average Bonchev–Trinajstić information content (AvgIpc) is 2.38. The summed E-state index contributed by atoms with van der Waals surface area (Å²) in [5.41, 5.74) is 0.745. The number of likely N-dealkylation sites (N-methyl/N-ethyl adjacent to an activating group) is 1. The smallest absolute Gasteiger partial charge is 0.239 e. The summed E-state index contributed by atoms with van der Waals surface area (Å²) in [4.78, 5) is 17.7. The molecule has 1 aromatic rings. The van der Waals surface area contributed by atoms with E-state index < -0.39 is 6.10 Å². The van der Waals surface area contributed by atoms with Crippen LogP contribution in [0.2, 0.25) is 0 Å². The van der Waals surface area contributed by atoms with Crippen LogP contribution in [0, 0.1) is 0 Å². The predicted octanol–water partition coefficient (Wildman–Crippen LogP) is 1.10. The number of pyridine rings is 1. The summed E-state index contributed by atoms with van der Waals surface area (Å²) in [7, 11) is 1.61. The molecule has 5 heteroatoms. The van der Waals surface area contributed by atoms with E-state index >= 15 is 0 Å². The molecule has 1 amide bonds. The van der Waals surface area contributed by atoms with Crippen molar-refractivity contribution in [3.05, 3.63) is 23.9 Å². The highest BCUT2D eigenvalue weighted by Gasteiger charge is 2.17. The summed E-state index contributed by atoms with van der Waals surface area (Å²) in [5.74, 6) is 0.614. The zero-order valence-electron chi connectivity index (χ0n) is 11.2. The van der Waals surface area contributed by atoms with Crippen molar-refractivity contribution in [1.82, 2.24) is 10.3 Å². The lowest BCUT2D eigenvalue weighted by Gasteiger charge is -2.25. The Bertz CT molecular complexity index is 394. The van der Waals surface area contributed by atoms with Crippen LogP contribution in [0.15, 0.2) is 18.3 Å². The third-order valence-electron chi connectivity index (χ3n) is 2.67. The van der Waals surface area contributed by atoms with Gasteiger partial charge in [0.25, 0.3) is 0 Å². The summed E-state index contributed by atoms with van der Waals surface area (Å²) in [6.07, 6.45) is 1.98. The standard InChI is InChI=1S/C13H21N3O2/c1-4-8-16(9-12(18)14-3)13-11(10(2)17)6-5-7-15-13/h5-7,10,17H,4,8-9H2,1-3H3,(H,14,18). The first kappa shape index (κ1) is 14.4. The second kappa shape index (κ2) is 6.96. The van der Waals surface area contributed by atoms with Gasteiger partial charge < -0.3 is 15.3 Å². The zero-order valence-corrected chi connectivity index (χ0v) is 11.2. The minimum absolute atomic E-state index is 0.0642. The van der Waals surface area contributed by atoms with E-state index in [1.54, 1.807) is 26.2 Å². The second-order valence-electron chi connectivity index (χ2n) is 4.19. The minimum Gasteiger partial charge on any atom is -0.389 e. The molecule has 0 aliphatic rings. The van der Waals surface area contributed by atoms with Gasteiger partial charge in [0.1, 0.15) is 5.82 Å². The van der Waals surface area contributed by atoms with Gasteiger partial charge in [-0.05, 0) is 19.4 Å². The van der Waals surface area contributed by atoms with Crippen LogP contribution in [-0.2, 0) is 4.79 Å². The molecule has 0 saturated heterocycles. The number of aromatic nitrogens is 1. The number of aliphatic hydroxyl groups excluding tert-OH is 1. The summed E-state index contributed by atoms with van der Waals surface area (Å²) < 4.78 is 0. The largest absolute Gasteiger partial charge is 0.389 e. The van der Waals surface area contributed by atoms with Crippen LogP contribution < -0.4 is 10.2 Å². The molecule has 0 saturated carbocycles. The number of amides is 1. The van der Waals surface area contributed by atoms with Gasteiger partial charge >= 0.3 is 0 Å². The van der Waals surface area contributed by atoms with Gasteiger partial charge in [0, 0.05) is 25.4 Å². The molecule has 2 N–H and O–H groups in total. The maximum Gasteiger partial charge on any atom is 0.239 e. The van der Waals surface area contributed by atoms with Crippen LogP contribution in [0.4, 0.5) is 5.82 Å². The lowest BCUT2D eigenvalue weighted by Crippen LogP contribution is -2.37. The molecule has 0 aliphatic carbocycles. The highest BCUT2D eigenvalue weighted by atomic mass is 16.3. The Morgan fingerprint density at radius 2 is 2.33 bits per heavy atom. The zero-order chi connectivity index (χ0) is 13.5. The van der Waals surface area contributed by atoms with E-state index in [4.69, 9.17) is 0 Å². The van der Waals surface area contributed by atoms with Gasteiger partial charge in [0.15, 0.2) is 0 Å². The van der Waals surface area contributed by atoms with Gasteiger partial charge in [0.05, 0.1) is 12.6 Å². The molecule has 0 spiro atoms. The first-order valence-corrected chi connectivity index (χ1v) is 6.18. The Kier molecular flexibility index (Phi) is 5.58. The van der Waals surface area contributed by atoms with Crippen molar-refractivity contribution in [3.63, 3.8) is 0 Å². The Hall–Kier alpha value is -1.62. The monoisotopic (exact) mass is 251 g/mol. The maximum atomic E-state index is 11.5. The number of carbonyl (C=O) groups is 1. The van der Waals surface area contributed by atoms with Crippen molar-refractivity contribution < 1.29 is 9.90 Å². The molecule has 0 bridgehead atoms. The number of rotatable bonds is 6. The fraction of sp³-hybridized carbons (Fsp3) is 0.538. The molecule has 1 rings (SSSR count). The number of aliphatic hydroxyl groups is 1. The number of carbonyl (C=O) groups excluding carboxylic acids is 1. The van der Waals surface area contributed by atoms with Crippen molar-refractivity contribution in [2.45, 2.75) is 26.4 Å². The van der Waals surface area contributed by atoms with Crippen molar-refractivity contribution in [2.24, 2.45) is 0 Å². The van der Waals surface area contributed by atoms with Crippen molar-refractivity contribution in [2.75, 3.05) is 25.0 Å². The Labute approximate surface area is 108 Å². The van der Waals surface area contributed by atoms with E-state index in [0.29, 0.717) is 5.82 Å². The van der Waals surface area contributed by atoms with Crippen LogP contribution in [0.3, 0.4) is 0 Å². The highest BCUT2D eigenvalue weighted by Crippen LogP contribution is 2.23. The van der Waals surface area contributed by atoms with E-state index in [1.165, 1.54) is 0 Å². The Morgan fingerprint density at radius 1 is 1.61 bits per heavy atom. The first-order valence-electron chi connectivity index (χ1n) is 6.18. The molecule has 0 aromatic carbocycles. The molecule has 1 aromatic heterocycles. The molecule has 18 heavy (non-hydrogen) atoms. The van der Waals surface area contributed by atoms with E-state index in [-0.39, 0.29) is 12.5 Å². The summed E-state index contributed by atoms with van der Waals surface area (Å²) >= 11 is 0.